The number of aromatic amines is 2. The lowest BCUT2D eigenvalue weighted by atomic mass is 10.1. The second-order valence-electron chi connectivity index (χ2n) is 5.91. The van der Waals surface area contributed by atoms with E-state index in [0.717, 1.165) is 37.9 Å². The Hall–Kier alpha value is -2.58. The summed E-state index contributed by atoms with van der Waals surface area (Å²) in [6, 6.07) is 13.7. The number of hydrogen-bond donors (Lipinski definition) is 3. The van der Waals surface area contributed by atoms with Crippen molar-refractivity contribution in [1.29, 1.82) is 0 Å². The predicted molar refractivity (Wildman–Crippen MR) is 111 cm³/mol. The van der Waals surface area contributed by atoms with Gasteiger partial charge in [0.05, 0.1) is 15.9 Å². The molecule has 2 aromatic heterocycles. The van der Waals surface area contributed by atoms with Crippen molar-refractivity contribution < 1.29 is 9.63 Å². The molecule has 0 bridgehead atoms. The molecule has 2 aromatic carbocycles. The molecule has 0 radical (unpaired) electrons. The fourth-order valence-electron chi connectivity index (χ4n) is 2.86. The van der Waals surface area contributed by atoms with Crippen LogP contribution >= 0.6 is 31.9 Å². The zero-order chi connectivity index (χ0) is 19.0. The Morgan fingerprint density at radius 2 is 2.00 bits per heavy atom. The van der Waals surface area contributed by atoms with Crippen LogP contribution in [0, 0.1) is 0 Å². The van der Waals surface area contributed by atoms with Crippen LogP contribution in [0.2, 0.25) is 0 Å². The molecule has 0 atom stereocenters. The summed E-state index contributed by atoms with van der Waals surface area (Å²) in [7, 11) is 0. The first-order valence-electron chi connectivity index (χ1n) is 8.08. The molecule has 0 unspecified atom stereocenters. The highest BCUT2D eigenvalue weighted by Crippen LogP contribution is 2.41. The van der Waals surface area contributed by atoms with Crippen LogP contribution in [-0.4, -0.2) is 21.1 Å². The fraction of sp³-hybridized carbons (Fsp3) is 0.0526. The van der Waals surface area contributed by atoms with Gasteiger partial charge in [0.25, 0.3) is 0 Å². The number of benzene rings is 2. The molecule has 8 heteroatoms. The number of carbonyl (C=O) groups is 1. The first-order valence-corrected chi connectivity index (χ1v) is 9.67. The molecule has 4 rings (SSSR count). The van der Waals surface area contributed by atoms with E-state index in [4.69, 9.17) is 4.84 Å². The molecule has 0 fully saturated rings. The van der Waals surface area contributed by atoms with E-state index in [1.165, 1.54) is 6.92 Å². The number of hydrogen-bond acceptors (Lipinski definition) is 3. The number of carbonyl (C=O) groups excluding carboxylic acids is 1. The van der Waals surface area contributed by atoms with Gasteiger partial charge in [0.1, 0.15) is 0 Å². The topological polar surface area (TPSA) is 82.8 Å². The molecule has 0 aliphatic heterocycles. The van der Waals surface area contributed by atoms with Gasteiger partial charge in [0.2, 0.25) is 5.91 Å². The van der Waals surface area contributed by atoms with E-state index in [0.29, 0.717) is 10.2 Å². The monoisotopic (exact) mass is 488 g/mol. The number of rotatable bonds is 4. The number of aromatic nitrogens is 3. The van der Waals surface area contributed by atoms with Crippen molar-refractivity contribution >= 4 is 48.7 Å². The minimum Gasteiger partial charge on any atom is -0.378 e. The number of nitrogens with one attached hydrogen (secondary N) is 3. The summed E-state index contributed by atoms with van der Waals surface area (Å²) in [5.41, 5.74) is 6.89. The van der Waals surface area contributed by atoms with Gasteiger partial charge in [-0.25, -0.2) is 0 Å². The lowest BCUT2D eigenvalue weighted by molar-refractivity contribution is -0.125. The molecule has 6 nitrogen and oxygen atoms in total. The fourth-order valence-corrected chi connectivity index (χ4v) is 4.31. The summed E-state index contributed by atoms with van der Waals surface area (Å²) in [5.74, 6) is 0.209. The quantitative estimate of drug-likeness (QED) is 0.345. The van der Waals surface area contributed by atoms with Gasteiger partial charge in [0, 0.05) is 39.6 Å². The largest absolute Gasteiger partial charge is 0.378 e. The van der Waals surface area contributed by atoms with Gasteiger partial charge >= 0.3 is 0 Å². The van der Waals surface area contributed by atoms with Crippen LogP contribution in [0.3, 0.4) is 0 Å². The number of hydroxylamine groups is 1. The van der Waals surface area contributed by atoms with Crippen LogP contribution in [0.15, 0.2) is 57.6 Å². The van der Waals surface area contributed by atoms with Crippen molar-refractivity contribution in [1.82, 2.24) is 20.7 Å². The molecule has 0 aliphatic rings. The number of amides is 1. The van der Waals surface area contributed by atoms with Crippen LogP contribution in [-0.2, 0) is 4.79 Å². The van der Waals surface area contributed by atoms with Gasteiger partial charge in [-0.05, 0) is 40.2 Å². The highest BCUT2D eigenvalue weighted by molar-refractivity contribution is 9.11. The molecule has 0 saturated carbocycles. The van der Waals surface area contributed by atoms with Gasteiger partial charge in [0.15, 0.2) is 5.75 Å². The average molecular weight is 490 g/mol. The summed E-state index contributed by atoms with van der Waals surface area (Å²) in [6.07, 6.45) is 1.95. The normalized spacial score (nSPS) is 10.9. The smallest absolute Gasteiger partial charge is 0.249 e. The molecule has 2 heterocycles. The average Bonchev–Trinajstić information content (AvgIpc) is 3.28. The standard InChI is InChI=1S/C19H14Br2N4O2/c1-10(26)25-27-17-7-6-13(20)18(19(17)21)16-8-15(23-24-16)12-9-22-14-5-3-2-4-11(12)14/h2-9,22H,1H3,(H,23,24)(H,25,26). The third-order valence-corrected chi connectivity index (χ3v) is 5.52. The van der Waals surface area contributed by atoms with Crippen LogP contribution in [0.1, 0.15) is 6.92 Å². The van der Waals surface area contributed by atoms with Gasteiger partial charge in [-0.1, -0.05) is 34.1 Å². The molecule has 1 amide bonds. The van der Waals surface area contributed by atoms with Crippen LogP contribution in [0.4, 0.5) is 0 Å². The van der Waals surface area contributed by atoms with Crippen LogP contribution < -0.4 is 10.3 Å². The van der Waals surface area contributed by atoms with Gasteiger partial charge in [-0.15, -0.1) is 0 Å². The van der Waals surface area contributed by atoms with Crippen molar-refractivity contribution in [2.24, 2.45) is 0 Å². The molecule has 4 aromatic rings. The van der Waals surface area contributed by atoms with Crippen molar-refractivity contribution in [2.75, 3.05) is 0 Å². The second kappa shape index (κ2) is 7.21. The van der Waals surface area contributed by atoms with E-state index in [1.54, 1.807) is 6.07 Å². The first kappa shape index (κ1) is 17.8. The number of H-pyrrole nitrogens is 2. The molecule has 0 saturated heterocycles. The summed E-state index contributed by atoms with van der Waals surface area (Å²) in [6.45, 7) is 1.38. The summed E-state index contributed by atoms with van der Waals surface area (Å²) < 4.78 is 1.55. The molecule has 3 N–H and O–H groups in total. The van der Waals surface area contributed by atoms with Gasteiger partial charge in [-0.3, -0.25) is 9.89 Å². The van der Waals surface area contributed by atoms with E-state index in [9.17, 15) is 4.79 Å². The Kier molecular flexibility index (Phi) is 4.75. The van der Waals surface area contributed by atoms with E-state index < -0.39 is 0 Å². The lowest BCUT2D eigenvalue weighted by Crippen LogP contribution is -2.23. The number of halogens is 2. The van der Waals surface area contributed by atoms with Gasteiger partial charge in [-0.2, -0.15) is 10.6 Å². The van der Waals surface area contributed by atoms with Crippen molar-refractivity contribution in [3.8, 4) is 28.3 Å². The Bertz CT molecular complexity index is 1150. The molecule has 136 valence electrons. The zero-order valence-corrected chi connectivity index (χ0v) is 17.3. The second-order valence-corrected chi connectivity index (χ2v) is 7.56. The summed E-state index contributed by atoms with van der Waals surface area (Å²) >= 11 is 7.13. The Morgan fingerprint density at radius 1 is 1.19 bits per heavy atom. The number of para-hydroxylation sites is 1. The van der Waals surface area contributed by atoms with Crippen molar-refractivity contribution in [3.63, 3.8) is 0 Å². The maximum Gasteiger partial charge on any atom is 0.249 e. The maximum atomic E-state index is 11.1. The highest BCUT2D eigenvalue weighted by atomic mass is 79.9. The third-order valence-electron chi connectivity index (χ3n) is 4.07. The SMILES string of the molecule is CC(=O)NOc1ccc(Br)c(-c2cc(-c3c[nH]c4ccccc34)n[nH]2)c1Br. The van der Waals surface area contributed by atoms with E-state index in [2.05, 4.69) is 58.6 Å². The van der Waals surface area contributed by atoms with E-state index >= 15 is 0 Å². The van der Waals surface area contributed by atoms with Crippen molar-refractivity contribution in [3.05, 3.63) is 57.6 Å². The van der Waals surface area contributed by atoms with Gasteiger partial charge < -0.3 is 9.82 Å². The summed E-state index contributed by atoms with van der Waals surface area (Å²) in [4.78, 5) is 19.7. The Morgan fingerprint density at radius 3 is 2.81 bits per heavy atom. The Balaban J connectivity index is 1.75. The minimum atomic E-state index is -0.283. The lowest BCUT2D eigenvalue weighted by Gasteiger charge is -2.11. The molecule has 27 heavy (non-hydrogen) atoms. The zero-order valence-electron chi connectivity index (χ0n) is 14.1. The molecular weight excluding hydrogens is 476 g/mol. The van der Waals surface area contributed by atoms with Crippen LogP contribution in [0.5, 0.6) is 5.75 Å². The first-order chi connectivity index (χ1) is 13.0. The van der Waals surface area contributed by atoms with Crippen LogP contribution in [0.25, 0.3) is 33.4 Å². The highest BCUT2D eigenvalue weighted by Gasteiger charge is 2.17. The summed E-state index contributed by atoms with van der Waals surface area (Å²) in [5, 5.41) is 8.66. The number of nitrogens with zero attached hydrogens (tertiary/aromatic N) is 1. The number of fused-ring (bicyclic) bond motifs is 1. The van der Waals surface area contributed by atoms with Crippen molar-refractivity contribution in [2.45, 2.75) is 6.92 Å². The van der Waals surface area contributed by atoms with E-state index in [1.807, 2.05) is 36.5 Å². The predicted octanol–water partition coefficient (Wildman–Crippen LogP) is 5.18. The molecule has 0 spiro atoms. The molecular formula is C19H14Br2N4O2. The Labute approximate surface area is 171 Å². The third kappa shape index (κ3) is 3.38. The van der Waals surface area contributed by atoms with E-state index in [-0.39, 0.29) is 5.91 Å². The minimum absolute atomic E-state index is 0.283. The maximum absolute atomic E-state index is 11.1. The molecule has 0 aliphatic carbocycles.